The van der Waals surface area contributed by atoms with Crippen molar-refractivity contribution >= 4 is 5.78 Å². The lowest BCUT2D eigenvalue weighted by atomic mass is 9.86. The largest absolute Gasteiger partial charge is 0.373 e. The third kappa shape index (κ3) is 2.50. The number of Topliss-reactive ketones (excluding diaryl/α,β-unsaturated/α-hetero) is 1. The first kappa shape index (κ1) is 12.9. The molecular weight excluding hydrogens is 204 g/mol. The van der Waals surface area contributed by atoms with Crippen LogP contribution >= 0.6 is 0 Å². The summed E-state index contributed by atoms with van der Waals surface area (Å²) < 4.78 is 7.13. The van der Waals surface area contributed by atoms with E-state index < -0.39 is 6.10 Å². The monoisotopic (exact) mass is 224 g/mol. The number of carbonyl (C=O) groups excluding carboxylic acids is 1. The molecule has 0 bridgehead atoms. The van der Waals surface area contributed by atoms with Crippen molar-refractivity contribution in [3.05, 3.63) is 18.2 Å². The van der Waals surface area contributed by atoms with Gasteiger partial charge in [0.2, 0.25) is 5.78 Å². The maximum Gasteiger partial charge on any atom is 0.227 e. The van der Waals surface area contributed by atoms with Crippen LogP contribution in [-0.2, 0) is 11.3 Å². The summed E-state index contributed by atoms with van der Waals surface area (Å²) >= 11 is 0. The van der Waals surface area contributed by atoms with Crippen LogP contribution in [0, 0.1) is 5.41 Å². The van der Waals surface area contributed by atoms with Gasteiger partial charge in [0.05, 0.1) is 0 Å². The van der Waals surface area contributed by atoms with E-state index in [2.05, 4.69) is 4.98 Å². The van der Waals surface area contributed by atoms with E-state index in [0.29, 0.717) is 5.82 Å². The topological polar surface area (TPSA) is 44.1 Å². The van der Waals surface area contributed by atoms with Crippen LogP contribution in [0.2, 0.25) is 0 Å². The van der Waals surface area contributed by atoms with E-state index in [1.54, 1.807) is 13.3 Å². The summed E-state index contributed by atoms with van der Waals surface area (Å²) in [5, 5.41) is 0. The molecule has 4 nitrogen and oxygen atoms in total. The van der Waals surface area contributed by atoms with Gasteiger partial charge in [0.1, 0.15) is 6.10 Å². The van der Waals surface area contributed by atoms with Gasteiger partial charge in [-0.25, -0.2) is 4.98 Å². The Bertz CT molecular complexity index is 363. The van der Waals surface area contributed by atoms with Gasteiger partial charge in [-0.15, -0.1) is 0 Å². The van der Waals surface area contributed by atoms with Crippen LogP contribution in [0.25, 0.3) is 0 Å². The standard InChI is InChI=1S/C12H20N2O2/c1-6-14-8-7-13-11(14)9(15)10(16-5)12(2,3)4/h7-8,10H,6H2,1-5H3. The summed E-state index contributed by atoms with van der Waals surface area (Å²) in [6.07, 6.45) is 2.99. The van der Waals surface area contributed by atoms with Gasteiger partial charge in [0.15, 0.2) is 5.82 Å². The highest BCUT2D eigenvalue weighted by Crippen LogP contribution is 2.24. The van der Waals surface area contributed by atoms with Gasteiger partial charge in [0.25, 0.3) is 0 Å². The Hall–Kier alpha value is -1.16. The molecule has 16 heavy (non-hydrogen) atoms. The number of ketones is 1. The molecule has 0 saturated carbocycles. The fraction of sp³-hybridized carbons (Fsp3) is 0.667. The minimum Gasteiger partial charge on any atom is -0.373 e. The van der Waals surface area contributed by atoms with E-state index in [4.69, 9.17) is 4.74 Å². The highest BCUT2D eigenvalue weighted by atomic mass is 16.5. The van der Waals surface area contributed by atoms with E-state index in [1.807, 2.05) is 38.5 Å². The fourth-order valence-corrected chi connectivity index (χ4v) is 1.76. The van der Waals surface area contributed by atoms with E-state index in [1.165, 1.54) is 0 Å². The van der Waals surface area contributed by atoms with Gasteiger partial charge in [-0.3, -0.25) is 4.79 Å². The molecule has 0 radical (unpaired) electrons. The van der Waals surface area contributed by atoms with Gasteiger partial charge in [-0.2, -0.15) is 0 Å². The quantitative estimate of drug-likeness (QED) is 0.736. The van der Waals surface area contributed by atoms with Crippen LogP contribution in [0.4, 0.5) is 0 Å². The Morgan fingerprint density at radius 1 is 1.56 bits per heavy atom. The molecule has 1 rings (SSSR count). The molecule has 1 unspecified atom stereocenters. The number of imidazole rings is 1. The molecule has 0 aliphatic heterocycles. The number of rotatable bonds is 4. The van der Waals surface area contributed by atoms with Crippen LogP contribution in [0.5, 0.6) is 0 Å². The number of carbonyl (C=O) groups is 1. The van der Waals surface area contributed by atoms with Crippen molar-refractivity contribution in [3.63, 3.8) is 0 Å². The van der Waals surface area contributed by atoms with Gasteiger partial charge in [-0.05, 0) is 12.3 Å². The number of ether oxygens (including phenoxy) is 1. The lowest BCUT2D eigenvalue weighted by molar-refractivity contribution is 0.0184. The first-order chi connectivity index (χ1) is 7.41. The summed E-state index contributed by atoms with van der Waals surface area (Å²) in [6.45, 7) is 8.67. The van der Waals surface area contributed by atoms with Crippen molar-refractivity contribution in [1.82, 2.24) is 9.55 Å². The zero-order valence-corrected chi connectivity index (χ0v) is 10.7. The van der Waals surface area contributed by atoms with Crippen molar-refractivity contribution in [2.75, 3.05) is 7.11 Å². The molecular formula is C12H20N2O2. The van der Waals surface area contributed by atoms with Crippen LogP contribution in [0.3, 0.4) is 0 Å². The summed E-state index contributed by atoms with van der Waals surface area (Å²) in [5.41, 5.74) is -0.226. The molecule has 0 saturated heterocycles. The SMILES string of the molecule is CCn1ccnc1C(=O)C(OC)C(C)(C)C. The second kappa shape index (κ2) is 4.78. The maximum atomic E-state index is 12.3. The van der Waals surface area contributed by atoms with E-state index in [0.717, 1.165) is 6.54 Å². The zero-order chi connectivity index (χ0) is 12.3. The summed E-state index contributed by atoms with van der Waals surface area (Å²) in [5.74, 6) is 0.422. The number of aromatic nitrogens is 2. The number of hydrogen-bond donors (Lipinski definition) is 0. The Morgan fingerprint density at radius 3 is 2.62 bits per heavy atom. The second-order valence-corrected chi connectivity index (χ2v) is 4.88. The molecule has 90 valence electrons. The third-order valence-corrected chi connectivity index (χ3v) is 2.54. The van der Waals surface area contributed by atoms with Crippen LogP contribution in [-0.4, -0.2) is 28.5 Å². The molecule has 1 atom stereocenters. The predicted molar refractivity (Wildman–Crippen MR) is 62.5 cm³/mol. The maximum absolute atomic E-state index is 12.3. The zero-order valence-electron chi connectivity index (χ0n) is 10.7. The predicted octanol–water partition coefficient (Wildman–Crippen LogP) is 2.15. The second-order valence-electron chi connectivity index (χ2n) is 4.88. The molecule has 0 N–H and O–H groups in total. The normalized spacial score (nSPS) is 13.8. The van der Waals surface area contributed by atoms with Crippen LogP contribution in [0.1, 0.15) is 38.3 Å². The number of nitrogens with zero attached hydrogens (tertiary/aromatic N) is 2. The summed E-state index contributed by atoms with van der Waals surface area (Å²) in [4.78, 5) is 16.4. The van der Waals surface area contributed by atoms with Gasteiger partial charge >= 0.3 is 0 Å². The van der Waals surface area contributed by atoms with Crippen molar-refractivity contribution in [1.29, 1.82) is 0 Å². The summed E-state index contributed by atoms with van der Waals surface area (Å²) in [7, 11) is 1.56. The molecule has 0 aliphatic rings. The first-order valence-corrected chi connectivity index (χ1v) is 5.50. The Balaban J connectivity index is 3.01. The van der Waals surface area contributed by atoms with Gasteiger partial charge in [-0.1, -0.05) is 20.8 Å². The number of aryl methyl sites for hydroxylation is 1. The molecule has 0 fully saturated rings. The minimum absolute atomic E-state index is 0.0538. The smallest absolute Gasteiger partial charge is 0.227 e. The van der Waals surface area contributed by atoms with Crippen molar-refractivity contribution in [3.8, 4) is 0 Å². The first-order valence-electron chi connectivity index (χ1n) is 5.50. The van der Waals surface area contributed by atoms with Crippen LogP contribution in [0.15, 0.2) is 12.4 Å². The number of hydrogen-bond acceptors (Lipinski definition) is 3. The van der Waals surface area contributed by atoms with E-state index in [9.17, 15) is 4.79 Å². The van der Waals surface area contributed by atoms with Gasteiger partial charge < -0.3 is 9.30 Å². The molecule has 0 aliphatic carbocycles. The van der Waals surface area contributed by atoms with Gasteiger partial charge in [0, 0.05) is 26.0 Å². The Labute approximate surface area is 96.6 Å². The highest BCUT2D eigenvalue weighted by molar-refractivity contribution is 5.97. The van der Waals surface area contributed by atoms with Crippen molar-refractivity contribution in [2.24, 2.45) is 5.41 Å². The van der Waals surface area contributed by atoms with Crippen LogP contribution < -0.4 is 0 Å². The molecule has 4 heteroatoms. The molecule has 1 heterocycles. The molecule has 0 amide bonds. The third-order valence-electron chi connectivity index (χ3n) is 2.54. The molecule has 0 aromatic carbocycles. The Kier molecular flexibility index (Phi) is 3.86. The minimum atomic E-state index is -0.458. The van der Waals surface area contributed by atoms with Crippen molar-refractivity contribution < 1.29 is 9.53 Å². The number of methoxy groups -OCH3 is 1. The highest BCUT2D eigenvalue weighted by Gasteiger charge is 2.33. The molecule has 1 aromatic rings. The lowest BCUT2D eigenvalue weighted by Gasteiger charge is -2.27. The summed E-state index contributed by atoms with van der Waals surface area (Å²) in [6, 6.07) is 0. The Morgan fingerprint density at radius 2 is 2.19 bits per heavy atom. The van der Waals surface area contributed by atoms with Crippen molar-refractivity contribution in [2.45, 2.75) is 40.3 Å². The van der Waals surface area contributed by atoms with E-state index >= 15 is 0 Å². The molecule has 1 aromatic heterocycles. The average Bonchev–Trinajstić information content (AvgIpc) is 2.63. The fourth-order valence-electron chi connectivity index (χ4n) is 1.76. The lowest BCUT2D eigenvalue weighted by Crippen LogP contribution is -2.37. The molecule has 0 spiro atoms. The van der Waals surface area contributed by atoms with E-state index in [-0.39, 0.29) is 11.2 Å². The average molecular weight is 224 g/mol.